The first kappa shape index (κ1) is 15.0. The molecule has 2 aromatic rings. The zero-order valence-corrected chi connectivity index (χ0v) is 12.7. The molecule has 2 heterocycles. The summed E-state index contributed by atoms with van der Waals surface area (Å²) >= 11 is 0. The summed E-state index contributed by atoms with van der Waals surface area (Å²) in [5.41, 5.74) is 1.93. The van der Waals surface area contributed by atoms with Crippen LogP contribution in [0.15, 0.2) is 48.8 Å². The van der Waals surface area contributed by atoms with Crippen molar-refractivity contribution in [1.82, 2.24) is 9.88 Å². The highest BCUT2D eigenvalue weighted by molar-refractivity contribution is 5.42. The van der Waals surface area contributed by atoms with Gasteiger partial charge in [-0.1, -0.05) is 30.3 Å². The number of benzene rings is 1. The number of hydrogen-bond donors (Lipinski definition) is 1. The molecule has 1 aliphatic heterocycles. The third kappa shape index (κ3) is 4.04. The van der Waals surface area contributed by atoms with E-state index in [1.165, 1.54) is 11.8 Å². The summed E-state index contributed by atoms with van der Waals surface area (Å²) in [6.07, 6.45) is 5.19. The molecular formula is C18H22FN3. The summed E-state index contributed by atoms with van der Waals surface area (Å²) in [5.74, 6) is 0.337. The molecular weight excluding hydrogens is 277 g/mol. The number of anilines is 1. The SMILES string of the molecule is Fc1cnccc1NCC1CCN(Cc2ccccc2)CC1. The Labute approximate surface area is 131 Å². The van der Waals surface area contributed by atoms with Crippen molar-refractivity contribution in [2.24, 2.45) is 5.92 Å². The lowest BCUT2D eigenvalue weighted by Crippen LogP contribution is -2.35. The second kappa shape index (κ2) is 7.36. The van der Waals surface area contributed by atoms with Gasteiger partial charge in [-0.25, -0.2) is 4.39 Å². The summed E-state index contributed by atoms with van der Waals surface area (Å²) in [5, 5.41) is 3.21. The van der Waals surface area contributed by atoms with Gasteiger partial charge in [0.05, 0.1) is 11.9 Å². The molecule has 3 nitrogen and oxygen atoms in total. The Balaban J connectivity index is 1.43. The molecule has 1 fully saturated rings. The predicted molar refractivity (Wildman–Crippen MR) is 87.1 cm³/mol. The van der Waals surface area contributed by atoms with Crippen molar-refractivity contribution in [2.45, 2.75) is 19.4 Å². The number of pyridine rings is 1. The zero-order chi connectivity index (χ0) is 15.2. The van der Waals surface area contributed by atoms with Crippen molar-refractivity contribution < 1.29 is 4.39 Å². The van der Waals surface area contributed by atoms with Gasteiger partial charge >= 0.3 is 0 Å². The van der Waals surface area contributed by atoms with Crippen molar-refractivity contribution in [1.29, 1.82) is 0 Å². The van der Waals surface area contributed by atoms with Crippen LogP contribution in [0.4, 0.5) is 10.1 Å². The third-order valence-electron chi connectivity index (χ3n) is 4.31. The summed E-state index contributed by atoms with van der Waals surface area (Å²) < 4.78 is 13.5. The largest absolute Gasteiger partial charge is 0.382 e. The third-order valence-corrected chi connectivity index (χ3v) is 4.31. The van der Waals surface area contributed by atoms with Crippen LogP contribution in [0.5, 0.6) is 0 Å². The highest BCUT2D eigenvalue weighted by atomic mass is 19.1. The molecule has 0 spiro atoms. The number of piperidine rings is 1. The summed E-state index contributed by atoms with van der Waals surface area (Å²) in [6, 6.07) is 12.3. The fourth-order valence-corrected chi connectivity index (χ4v) is 2.96. The van der Waals surface area contributed by atoms with Gasteiger partial charge in [0, 0.05) is 19.3 Å². The second-order valence-corrected chi connectivity index (χ2v) is 5.94. The molecule has 0 bridgehead atoms. The first-order chi connectivity index (χ1) is 10.8. The number of halogens is 1. The van der Waals surface area contributed by atoms with Gasteiger partial charge in [0.15, 0.2) is 5.82 Å². The van der Waals surface area contributed by atoms with Crippen molar-refractivity contribution >= 4 is 5.69 Å². The first-order valence-electron chi connectivity index (χ1n) is 7.91. The van der Waals surface area contributed by atoms with E-state index in [2.05, 4.69) is 45.5 Å². The van der Waals surface area contributed by atoms with Gasteiger partial charge in [0.1, 0.15) is 0 Å². The van der Waals surface area contributed by atoms with E-state index in [0.29, 0.717) is 11.6 Å². The van der Waals surface area contributed by atoms with Crippen LogP contribution in [-0.2, 0) is 6.54 Å². The Kier molecular flexibility index (Phi) is 5.01. The lowest BCUT2D eigenvalue weighted by molar-refractivity contribution is 0.182. The minimum atomic E-state index is -0.274. The number of nitrogens with one attached hydrogen (secondary N) is 1. The molecule has 0 aliphatic carbocycles. The Morgan fingerprint density at radius 3 is 2.64 bits per heavy atom. The van der Waals surface area contributed by atoms with E-state index in [-0.39, 0.29) is 5.82 Å². The molecule has 0 saturated carbocycles. The fourth-order valence-electron chi connectivity index (χ4n) is 2.96. The van der Waals surface area contributed by atoms with Crippen LogP contribution >= 0.6 is 0 Å². The molecule has 3 rings (SSSR count). The predicted octanol–water partition coefficient (Wildman–Crippen LogP) is 3.54. The molecule has 116 valence electrons. The Morgan fingerprint density at radius 2 is 1.91 bits per heavy atom. The van der Waals surface area contributed by atoms with E-state index in [9.17, 15) is 4.39 Å². The van der Waals surface area contributed by atoms with Crippen molar-refractivity contribution in [3.63, 3.8) is 0 Å². The van der Waals surface area contributed by atoms with Gasteiger partial charge in [0.2, 0.25) is 0 Å². The molecule has 0 unspecified atom stereocenters. The number of aromatic nitrogens is 1. The molecule has 1 aromatic carbocycles. The zero-order valence-electron chi connectivity index (χ0n) is 12.7. The molecule has 4 heteroatoms. The standard InChI is InChI=1S/C18H22FN3/c19-17-13-20-9-6-18(17)21-12-15-7-10-22(11-8-15)14-16-4-2-1-3-5-16/h1-6,9,13,15H,7-8,10-12,14H2,(H,20,21). The van der Waals surface area contributed by atoms with Crippen LogP contribution in [0, 0.1) is 11.7 Å². The van der Waals surface area contributed by atoms with Gasteiger partial charge in [-0.05, 0) is 43.5 Å². The monoisotopic (exact) mass is 299 g/mol. The normalized spacial score (nSPS) is 16.6. The summed E-state index contributed by atoms with van der Waals surface area (Å²) in [7, 11) is 0. The second-order valence-electron chi connectivity index (χ2n) is 5.94. The van der Waals surface area contributed by atoms with E-state index >= 15 is 0 Å². The fraction of sp³-hybridized carbons (Fsp3) is 0.389. The number of rotatable bonds is 5. The molecule has 1 N–H and O–H groups in total. The van der Waals surface area contributed by atoms with Crippen LogP contribution in [0.25, 0.3) is 0 Å². The van der Waals surface area contributed by atoms with Crippen LogP contribution in [-0.4, -0.2) is 29.5 Å². The number of nitrogens with zero attached hydrogens (tertiary/aromatic N) is 2. The first-order valence-corrected chi connectivity index (χ1v) is 7.91. The number of likely N-dealkylation sites (tertiary alicyclic amines) is 1. The molecule has 0 radical (unpaired) electrons. The Morgan fingerprint density at radius 1 is 1.14 bits per heavy atom. The minimum Gasteiger partial charge on any atom is -0.382 e. The molecule has 22 heavy (non-hydrogen) atoms. The lowest BCUT2D eigenvalue weighted by atomic mass is 9.96. The molecule has 1 aliphatic rings. The van der Waals surface area contributed by atoms with Crippen LogP contribution in [0.2, 0.25) is 0 Å². The van der Waals surface area contributed by atoms with Crippen molar-refractivity contribution in [3.05, 3.63) is 60.2 Å². The smallest absolute Gasteiger partial charge is 0.164 e. The average molecular weight is 299 g/mol. The van der Waals surface area contributed by atoms with Crippen LogP contribution < -0.4 is 5.32 Å². The maximum Gasteiger partial charge on any atom is 0.164 e. The molecule has 0 atom stereocenters. The highest BCUT2D eigenvalue weighted by Gasteiger charge is 2.19. The van der Waals surface area contributed by atoms with Crippen LogP contribution in [0.3, 0.4) is 0 Å². The van der Waals surface area contributed by atoms with Gasteiger partial charge < -0.3 is 5.32 Å². The van der Waals surface area contributed by atoms with E-state index in [1.54, 1.807) is 12.3 Å². The molecule has 1 aromatic heterocycles. The molecule has 1 saturated heterocycles. The minimum absolute atomic E-state index is 0.274. The maximum atomic E-state index is 13.5. The topological polar surface area (TPSA) is 28.2 Å². The van der Waals surface area contributed by atoms with Gasteiger partial charge in [-0.15, -0.1) is 0 Å². The van der Waals surface area contributed by atoms with E-state index in [1.807, 2.05) is 0 Å². The Hall–Kier alpha value is -1.94. The summed E-state index contributed by atoms with van der Waals surface area (Å²) in [4.78, 5) is 6.27. The van der Waals surface area contributed by atoms with Gasteiger partial charge in [-0.3, -0.25) is 9.88 Å². The average Bonchev–Trinajstić information content (AvgIpc) is 2.56. The van der Waals surface area contributed by atoms with E-state index in [4.69, 9.17) is 0 Å². The maximum absolute atomic E-state index is 13.5. The molecule has 0 amide bonds. The van der Waals surface area contributed by atoms with E-state index < -0.39 is 0 Å². The Bertz CT molecular complexity index is 580. The van der Waals surface area contributed by atoms with Crippen molar-refractivity contribution in [2.75, 3.05) is 25.0 Å². The van der Waals surface area contributed by atoms with Crippen LogP contribution in [0.1, 0.15) is 18.4 Å². The van der Waals surface area contributed by atoms with E-state index in [0.717, 1.165) is 39.0 Å². The highest BCUT2D eigenvalue weighted by Crippen LogP contribution is 2.20. The van der Waals surface area contributed by atoms with Crippen molar-refractivity contribution in [3.8, 4) is 0 Å². The quantitative estimate of drug-likeness (QED) is 0.915. The van der Waals surface area contributed by atoms with Gasteiger partial charge in [-0.2, -0.15) is 0 Å². The summed E-state index contributed by atoms with van der Waals surface area (Å²) in [6.45, 7) is 4.08. The van der Waals surface area contributed by atoms with Gasteiger partial charge in [0.25, 0.3) is 0 Å². The lowest BCUT2D eigenvalue weighted by Gasteiger charge is -2.32. The number of hydrogen-bond acceptors (Lipinski definition) is 3.